The topological polar surface area (TPSA) is 81.5 Å². The summed E-state index contributed by atoms with van der Waals surface area (Å²) in [5.41, 5.74) is 0.474. The van der Waals surface area contributed by atoms with E-state index in [2.05, 4.69) is 4.98 Å². The van der Waals surface area contributed by atoms with Gasteiger partial charge in [-0.1, -0.05) is 24.3 Å². The number of hydrogen-bond donors (Lipinski definition) is 0. The van der Waals surface area contributed by atoms with Gasteiger partial charge in [0.05, 0.1) is 16.1 Å². The first-order chi connectivity index (χ1) is 14.3. The predicted molar refractivity (Wildman–Crippen MR) is 106 cm³/mol. The van der Waals surface area contributed by atoms with Gasteiger partial charge in [-0.2, -0.15) is 8.78 Å². The Morgan fingerprint density at radius 3 is 2.57 bits per heavy atom. The standard InChI is InChI=1S/C20H19F2N3O4S/c1-2-25(16-8-4-3-5-9-16)30(27,28)17-10-6-7-15(13-17)19(26)29-14-18-23-11-12-24(18)20(21)22/h3-13,20H,2,14H2,1H3. The lowest BCUT2D eigenvalue weighted by molar-refractivity contribution is 0.0376. The molecule has 0 spiro atoms. The molecule has 0 N–H and O–H groups in total. The molecule has 0 saturated heterocycles. The van der Waals surface area contributed by atoms with Crippen LogP contribution in [0, 0.1) is 0 Å². The summed E-state index contributed by atoms with van der Waals surface area (Å²) in [7, 11) is -3.93. The van der Waals surface area contributed by atoms with E-state index in [-0.39, 0.29) is 22.8 Å². The van der Waals surface area contributed by atoms with Crippen LogP contribution in [0.3, 0.4) is 0 Å². The van der Waals surface area contributed by atoms with Crippen LogP contribution in [0.25, 0.3) is 0 Å². The molecule has 3 rings (SSSR count). The van der Waals surface area contributed by atoms with E-state index in [4.69, 9.17) is 4.74 Å². The Morgan fingerprint density at radius 1 is 1.17 bits per heavy atom. The Hall–Kier alpha value is -3.27. The number of benzene rings is 2. The molecule has 0 aliphatic carbocycles. The molecular weight excluding hydrogens is 416 g/mol. The summed E-state index contributed by atoms with van der Waals surface area (Å²) in [6, 6.07) is 14.0. The molecule has 2 aromatic carbocycles. The molecule has 1 aromatic heterocycles. The molecule has 0 aliphatic heterocycles. The van der Waals surface area contributed by atoms with Crippen LogP contribution in [0.2, 0.25) is 0 Å². The Balaban J connectivity index is 1.81. The Morgan fingerprint density at radius 2 is 1.90 bits per heavy atom. The second-order valence-electron chi connectivity index (χ2n) is 6.14. The van der Waals surface area contributed by atoms with Gasteiger partial charge in [-0.3, -0.25) is 8.87 Å². The number of ether oxygens (including phenoxy) is 1. The van der Waals surface area contributed by atoms with Gasteiger partial charge in [-0.25, -0.2) is 18.2 Å². The van der Waals surface area contributed by atoms with Gasteiger partial charge in [0, 0.05) is 18.9 Å². The highest BCUT2D eigenvalue weighted by molar-refractivity contribution is 7.92. The summed E-state index contributed by atoms with van der Waals surface area (Å²) in [6.07, 6.45) is 2.25. The molecule has 158 valence electrons. The minimum atomic E-state index is -3.93. The lowest BCUT2D eigenvalue weighted by Gasteiger charge is -2.23. The molecule has 30 heavy (non-hydrogen) atoms. The van der Waals surface area contributed by atoms with Crippen LogP contribution >= 0.6 is 0 Å². The van der Waals surface area contributed by atoms with Crippen LogP contribution in [0.15, 0.2) is 71.9 Å². The number of para-hydroxylation sites is 1. The second-order valence-corrected chi connectivity index (χ2v) is 8.00. The maximum absolute atomic E-state index is 13.1. The summed E-state index contributed by atoms with van der Waals surface area (Å²) in [4.78, 5) is 16.0. The lowest BCUT2D eigenvalue weighted by atomic mass is 10.2. The molecule has 0 saturated carbocycles. The fourth-order valence-electron chi connectivity index (χ4n) is 2.84. The molecule has 0 amide bonds. The monoisotopic (exact) mass is 435 g/mol. The van der Waals surface area contributed by atoms with E-state index >= 15 is 0 Å². The fourth-order valence-corrected chi connectivity index (χ4v) is 4.36. The summed E-state index contributed by atoms with van der Waals surface area (Å²) in [5, 5.41) is 0. The average molecular weight is 435 g/mol. The zero-order valence-corrected chi connectivity index (χ0v) is 16.8. The number of aromatic nitrogens is 2. The third-order valence-electron chi connectivity index (χ3n) is 4.28. The summed E-state index contributed by atoms with van der Waals surface area (Å²) in [6.45, 7) is -1.39. The van der Waals surface area contributed by atoms with Crippen LogP contribution in [-0.2, 0) is 21.4 Å². The number of carbonyl (C=O) groups excluding carboxylic acids is 1. The van der Waals surface area contributed by atoms with Gasteiger partial charge in [-0.05, 0) is 37.3 Å². The summed E-state index contributed by atoms with van der Waals surface area (Å²) in [5.74, 6) is -0.970. The highest BCUT2D eigenvalue weighted by Crippen LogP contribution is 2.24. The Labute approximate surface area is 172 Å². The van der Waals surface area contributed by atoms with Crippen molar-refractivity contribution in [2.75, 3.05) is 10.8 Å². The van der Waals surface area contributed by atoms with Crippen molar-refractivity contribution in [1.82, 2.24) is 9.55 Å². The van der Waals surface area contributed by atoms with Crippen molar-refractivity contribution >= 4 is 21.7 Å². The quantitative estimate of drug-likeness (QED) is 0.502. The third-order valence-corrected chi connectivity index (χ3v) is 6.18. The van der Waals surface area contributed by atoms with Gasteiger partial charge in [0.15, 0.2) is 5.82 Å². The molecule has 0 atom stereocenters. The largest absolute Gasteiger partial charge is 0.454 e. The van der Waals surface area contributed by atoms with Crippen molar-refractivity contribution < 1.29 is 26.7 Å². The number of carbonyl (C=O) groups is 1. The van der Waals surface area contributed by atoms with Crippen LogP contribution in [-0.4, -0.2) is 30.5 Å². The zero-order chi connectivity index (χ0) is 21.7. The third kappa shape index (κ3) is 4.48. The molecule has 0 bridgehead atoms. The average Bonchev–Trinajstić information content (AvgIpc) is 3.22. The maximum Gasteiger partial charge on any atom is 0.338 e. The number of sulfonamides is 1. The number of alkyl halides is 2. The molecular formula is C20H19F2N3O4S. The van der Waals surface area contributed by atoms with Crippen molar-refractivity contribution in [2.24, 2.45) is 0 Å². The maximum atomic E-state index is 13.1. The molecule has 7 nitrogen and oxygen atoms in total. The highest BCUT2D eigenvalue weighted by Gasteiger charge is 2.25. The molecule has 3 aromatic rings. The highest BCUT2D eigenvalue weighted by atomic mass is 32.2. The molecule has 0 fully saturated rings. The van der Waals surface area contributed by atoms with E-state index < -0.39 is 29.1 Å². The number of nitrogens with zero attached hydrogens (tertiary/aromatic N) is 3. The summed E-state index contributed by atoms with van der Waals surface area (Å²) >= 11 is 0. The number of halogens is 2. The van der Waals surface area contributed by atoms with Crippen LogP contribution < -0.4 is 4.31 Å². The zero-order valence-electron chi connectivity index (χ0n) is 16.0. The molecule has 10 heteroatoms. The lowest BCUT2D eigenvalue weighted by Crippen LogP contribution is -2.30. The first-order valence-electron chi connectivity index (χ1n) is 8.99. The smallest absolute Gasteiger partial charge is 0.338 e. The van der Waals surface area contributed by atoms with Crippen molar-refractivity contribution in [2.45, 2.75) is 25.0 Å². The number of hydrogen-bond acceptors (Lipinski definition) is 5. The van der Waals surface area contributed by atoms with Gasteiger partial charge in [0.25, 0.3) is 10.0 Å². The van der Waals surface area contributed by atoms with E-state index in [1.165, 1.54) is 34.8 Å². The van der Waals surface area contributed by atoms with E-state index in [0.717, 1.165) is 6.20 Å². The van der Waals surface area contributed by atoms with Gasteiger partial charge in [0.2, 0.25) is 0 Å². The first kappa shape index (κ1) is 21.4. The first-order valence-corrected chi connectivity index (χ1v) is 10.4. The van der Waals surface area contributed by atoms with E-state index in [1.54, 1.807) is 37.3 Å². The van der Waals surface area contributed by atoms with Gasteiger partial charge in [0.1, 0.15) is 6.61 Å². The van der Waals surface area contributed by atoms with Crippen LogP contribution in [0.5, 0.6) is 0 Å². The predicted octanol–water partition coefficient (Wildman–Crippen LogP) is 3.85. The van der Waals surface area contributed by atoms with Crippen LogP contribution in [0.4, 0.5) is 14.5 Å². The number of imidazole rings is 1. The van der Waals surface area contributed by atoms with Crippen molar-refractivity contribution in [3.63, 3.8) is 0 Å². The normalized spacial score (nSPS) is 11.5. The SMILES string of the molecule is CCN(c1ccccc1)S(=O)(=O)c1cccc(C(=O)OCc2nccn2C(F)F)c1. The second kappa shape index (κ2) is 9.04. The van der Waals surface area contributed by atoms with Crippen molar-refractivity contribution in [3.05, 3.63) is 78.4 Å². The molecule has 1 heterocycles. The van der Waals surface area contributed by atoms with Crippen molar-refractivity contribution in [1.29, 1.82) is 0 Å². The number of anilines is 1. The van der Waals surface area contributed by atoms with Gasteiger partial charge < -0.3 is 4.74 Å². The van der Waals surface area contributed by atoms with Crippen LogP contribution in [0.1, 0.15) is 29.7 Å². The van der Waals surface area contributed by atoms with Gasteiger partial charge >= 0.3 is 12.5 Å². The minimum absolute atomic E-state index is 0.0182. The fraction of sp³-hybridized carbons (Fsp3) is 0.200. The minimum Gasteiger partial charge on any atom is -0.454 e. The number of rotatable bonds is 8. The van der Waals surface area contributed by atoms with Gasteiger partial charge in [-0.15, -0.1) is 0 Å². The Bertz CT molecular complexity index is 1120. The van der Waals surface area contributed by atoms with Crippen molar-refractivity contribution in [3.8, 4) is 0 Å². The molecule has 0 aliphatic rings. The Kier molecular flexibility index (Phi) is 6.46. The van der Waals surface area contributed by atoms with E-state index in [9.17, 15) is 22.0 Å². The van der Waals surface area contributed by atoms with E-state index in [1.807, 2.05) is 0 Å². The molecule has 0 radical (unpaired) electrons. The van der Waals surface area contributed by atoms with E-state index in [0.29, 0.717) is 10.3 Å². The number of esters is 1. The summed E-state index contributed by atoms with van der Waals surface area (Å²) < 4.78 is 58.7. The molecule has 0 unspecified atom stereocenters.